The van der Waals surface area contributed by atoms with Crippen molar-refractivity contribution in [3.8, 4) is 0 Å². The zero-order valence-electron chi connectivity index (χ0n) is 8.22. The second-order valence-electron chi connectivity index (χ2n) is 3.58. The maximum atomic E-state index is 5.60. The molecule has 1 atom stereocenters. The lowest BCUT2D eigenvalue weighted by molar-refractivity contribution is 0.00389. The molecule has 0 saturated carbocycles. The summed E-state index contributed by atoms with van der Waals surface area (Å²) >= 11 is 0. The second kappa shape index (κ2) is 4.52. The van der Waals surface area contributed by atoms with Crippen molar-refractivity contribution in [2.75, 3.05) is 6.61 Å². The molecule has 2 heterocycles. The first kappa shape index (κ1) is 9.61. The largest absolute Gasteiger partial charge is 0.376 e. The number of nitrogens with zero attached hydrogens (tertiary/aromatic N) is 3. The summed E-state index contributed by atoms with van der Waals surface area (Å²) in [6.45, 7) is 2.08. The van der Waals surface area contributed by atoms with E-state index >= 15 is 0 Å². The molecule has 1 aliphatic heterocycles. The number of nitrogens with two attached hydrogens (primary N) is 1. The van der Waals surface area contributed by atoms with Gasteiger partial charge in [-0.15, -0.1) is 0 Å². The third kappa shape index (κ3) is 2.30. The second-order valence-corrected chi connectivity index (χ2v) is 3.58. The molecule has 1 aromatic heterocycles. The fourth-order valence-electron chi connectivity index (χ4n) is 1.67. The fraction of sp³-hybridized carbons (Fsp3) is 0.778. The average molecular weight is 196 g/mol. The van der Waals surface area contributed by atoms with Crippen molar-refractivity contribution in [2.45, 2.75) is 38.5 Å². The Hall–Kier alpha value is -0.940. The monoisotopic (exact) mass is 196 g/mol. The van der Waals surface area contributed by atoms with Gasteiger partial charge in [0.25, 0.3) is 0 Å². The third-order valence-electron chi connectivity index (χ3n) is 2.43. The van der Waals surface area contributed by atoms with Gasteiger partial charge in [0.2, 0.25) is 0 Å². The summed E-state index contributed by atoms with van der Waals surface area (Å²) in [6, 6.07) is 0. The maximum Gasteiger partial charge on any atom is 0.164 e. The minimum atomic E-state index is 0.302. The highest BCUT2D eigenvalue weighted by atomic mass is 16.5. The SMILES string of the molecule is NCc1ncn(CC2CCCCO2)n1. The molecular formula is C9H16N4O. The normalized spacial score (nSPS) is 22.5. The Kier molecular flexibility index (Phi) is 3.10. The molecule has 0 radical (unpaired) electrons. The van der Waals surface area contributed by atoms with Crippen molar-refractivity contribution in [3.63, 3.8) is 0 Å². The number of hydrogen-bond donors (Lipinski definition) is 1. The predicted molar refractivity (Wildman–Crippen MR) is 51.5 cm³/mol. The average Bonchev–Trinajstić information content (AvgIpc) is 2.67. The van der Waals surface area contributed by atoms with E-state index in [0.29, 0.717) is 18.5 Å². The fourth-order valence-corrected chi connectivity index (χ4v) is 1.67. The summed E-state index contributed by atoms with van der Waals surface area (Å²) < 4.78 is 7.42. The molecule has 2 rings (SSSR count). The highest BCUT2D eigenvalue weighted by Crippen LogP contribution is 2.13. The van der Waals surface area contributed by atoms with Crippen molar-refractivity contribution >= 4 is 0 Å². The standard InChI is InChI=1S/C9H16N4O/c10-5-9-11-7-13(12-9)6-8-3-1-2-4-14-8/h7-8H,1-6,10H2. The van der Waals surface area contributed by atoms with E-state index < -0.39 is 0 Å². The van der Waals surface area contributed by atoms with Crippen molar-refractivity contribution in [3.05, 3.63) is 12.2 Å². The van der Waals surface area contributed by atoms with Crippen LogP contribution in [-0.2, 0) is 17.8 Å². The van der Waals surface area contributed by atoms with Gasteiger partial charge in [-0.3, -0.25) is 4.68 Å². The minimum absolute atomic E-state index is 0.302. The Morgan fingerprint density at radius 2 is 2.50 bits per heavy atom. The van der Waals surface area contributed by atoms with Crippen molar-refractivity contribution in [1.29, 1.82) is 0 Å². The quantitative estimate of drug-likeness (QED) is 0.755. The number of ether oxygens (including phenoxy) is 1. The zero-order valence-corrected chi connectivity index (χ0v) is 8.22. The van der Waals surface area contributed by atoms with Crippen LogP contribution >= 0.6 is 0 Å². The van der Waals surface area contributed by atoms with Gasteiger partial charge in [-0.2, -0.15) is 5.10 Å². The Morgan fingerprint density at radius 3 is 3.14 bits per heavy atom. The van der Waals surface area contributed by atoms with E-state index in [-0.39, 0.29) is 0 Å². The maximum absolute atomic E-state index is 5.60. The lowest BCUT2D eigenvalue weighted by Crippen LogP contribution is -2.24. The lowest BCUT2D eigenvalue weighted by atomic mass is 10.1. The van der Waals surface area contributed by atoms with Crippen LogP contribution in [0.15, 0.2) is 6.33 Å². The van der Waals surface area contributed by atoms with Crippen LogP contribution in [-0.4, -0.2) is 27.5 Å². The topological polar surface area (TPSA) is 66.0 Å². The summed E-state index contributed by atoms with van der Waals surface area (Å²) in [6.07, 6.45) is 5.58. The Morgan fingerprint density at radius 1 is 1.57 bits per heavy atom. The summed E-state index contributed by atoms with van der Waals surface area (Å²) in [7, 11) is 0. The van der Waals surface area contributed by atoms with Crippen LogP contribution in [0.25, 0.3) is 0 Å². The predicted octanol–water partition coefficient (Wildman–Crippen LogP) is 0.306. The highest BCUT2D eigenvalue weighted by molar-refractivity contribution is 4.80. The summed E-state index contributed by atoms with van der Waals surface area (Å²) in [4.78, 5) is 4.07. The zero-order chi connectivity index (χ0) is 9.80. The molecule has 1 unspecified atom stereocenters. The van der Waals surface area contributed by atoms with Gasteiger partial charge in [0.1, 0.15) is 6.33 Å². The molecule has 14 heavy (non-hydrogen) atoms. The van der Waals surface area contributed by atoms with Crippen molar-refractivity contribution < 1.29 is 4.74 Å². The van der Waals surface area contributed by atoms with Gasteiger partial charge in [-0.25, -0.2) is 4.98 Å². The number of rotatable bonds is 3. The highest BCUT2D eigenvalue weighted by Gasteiger charge is 2.14. The van der Waals surface area contributed by atoms with Crippen LogP contribution < -0.4 is 5.73 Å². The van der Waals surface area contributed by atoms with Gasteiger partial charge >= 0.3 is 0 Å². The summed E-state index contributed by atoms with van der Waals surface area (Å²) in [5, 5.41) is 4.22. The van der Waals surface area contributed by atoms with Crippen LogP contribution in [0.2, 0.25) is 0 Å². The smallest absolute Gasteiger partial charge is 0.164 e. The minimum Gasteiger partial charge on any atom is -0.376 e. The molecule has 0 spiro atoms. The van der Waals surface area contributed by atoms with E-state index in [4.69, 9.17) is 10.5 Å². The molecule has 0 aliphatic carbocycles. The molecule has 78 valence electrons. The van der Waals surface area contributed by atoms with Gasteiger partial charge in [-0.1, -0.05) is 0 Å². The Bertz CT molecular complexity index is 280. The molecule has 1 fully saturated rings. The first-order valence-corrected chi connectivity index (χ1v) is 5.08. The van der Waals surface area contributed by atoms with Gasteiger partial charge in [0.15, 0.2) is 5.82 Å². The van der Waals surface area contributed by atoms with E-state index in [2.05, 4.69) is 10.1 Å². The summed E-state index contributed by atoms with van der Waals surface area (Å²) in [5.74, 6) is 0.695. The van der Waals surface area contributed by atoms with Crippen LogP contribution in [0.1, 0.15) is 25.1 Å². The molecule has 5 heteroatoms. The van der Waals surface area contributed by atoms with E-state index in [1.54, 1.807) is 6.33 Å². The van der Waals surface area contributed by atoms with Crippen molar-refractivity contribution in [2.24, 2.45) is 5.73 Å². The first-order valence-electron chi connectivity index (χ1n) is 5.08. The molecule has 5 nitrogen and oxygen atoms in total. The van der Waals surface area contributed by atoms with E-state index in [1.807, 2.05) is 4.68 Å². The molecule has 1 aromatic rings. The van der Waals surface area contributed by atoms with E-state index in [9.17, 15) is 0 Å². The van der Waals surface area contributed by atoms with Crippen LogP contribution in [0, 0.1) is 0 Å². The molecule has 1 aliphatic rings. The van der Waals surface area contributed by atoms with E-state index in [1.165, 1.54) is 12.8 Å². The lowest BCUT2D eigenvalue weighted by Gasteiger charge is -2.21. The van der Waals surface area contributed by atoms with Gasteiger partial charge in [0, 0.05) is 6.61 Å². The van der Waals surface area contributed by atoms with Crippen molar-refractivity contribution in [1.82, 2.24) is 14.8 Å². The van der Waals surface area contributed by atoms with Gasteiger partial charge < -0.3 is 10.5 Å². The molecule has 0 amide bonds. The number of aromatic nitrogens is 3. The van der Waals surface area contributed by atoms with Gasteiger partial charge in [-0.05, 0) is 19.3 Å². The molecule has 0 aromatic carbocycles. The molecule has 2 N–H and O–H groups in total. The van der Waals surface area contributed by atoms with Crippen LogP contribution in [0.3, 0.4) is 0 Å². The molecular weight excluding hydrogens is 180 g/mol. The first-order chi connectivity index (χ1) is 6.88. The van der Waals surface area contributed by atoms with Crippen LogP contribution in [0.5, 0.6) is 0 Å². The summed E-state index contributed by atoms with van der Waals surface area (Å²) in [5.41, 5.74) is 5.43. The Labute approximate surface area is 83.3 Å². The molecule has 1 saturated heterocycles. The number of hydrogen-bond acceptors (Lipinski definition) is 4. The molecule has 0 bridgehead atoms. The van der Waals surface area contributed by atoms with Crippen LogP contribution in [0.4, 0.5) is 0 Å². The Balaban J connectivity index is 1.89. The van der Waals surface area contributed by atoms with Gasteiger partial charge in [0.05, 0.1) is 19.2 Å². The third-order valence-corrected chi connectivity index (χ3v) is 2.43. The van der Waals surface area contributed by atoms with E-state index in [0.717, 1.165) is 19.6 Å².